The zero-order chi connectivity index (χ0) is 16.0. The minimum absolute atomic E-state index is 0.00197. The summed E-state index contributed by atoms with van der Waals surface area (Å²) in [6.45, 7) is 0.556. The molecule has 0 radical (unpaired) electrons. The molecule has 0 bridgehead atoms. The Morgan fingerprint density at radius 3 is 2.48 bits per heavy atom. The molecule has 0 fully saturated rings. The van der Waals surface area contributed by atoms with Gasteiger partial charge in [-0.25, -0.2) is 0 Å². The van der Waals surface area contributed by atoms with Crippen LogP contribution in [0.4, 0.5) is 5.69 Å². The number of hydrogen-bond acceptors (Lipinski definition) is 3. The fourth-order valence-corrected chi connectivity index (χ4v) is 3.37. The minimum atomic E-state index is -0.0236. The van der Waals surface area contributed by atoms with Gasteiger partial charge in [-0.3, -0.25) is 14.5 Å². The number of rotatable bonds is 2. The van der Waals surface area contributed by atoms with Crippen LogP contribution in [0.3, 0.4) is 0 Å². The van der Waals surface area contributed by atoms with Gasteiger partial charge in [0.05, 0.1) is 11.3 Å². The molecule has 114 valence electrons. The lowest BCUT2D eigenvalue weighted by molar-refractivity contribution is 0.0808. The molecular formula is C19H16N2O2. The van der Waals surface area contributed by atoms with Crippen molar-refractivity contribution in [3.05, 3.63) is 77.1 Å². The first-order valence-electron chi connectivity index (χ1n) is 7.66. The van der Waals surface area contributed by atoms with Gasteiger partial charge < -0.3 is 4.90 Å². The van der Waals surface area contributed by atoms with Crippen LogP contribution in [0, 0.1) is 0 Å². The Morgan fingerprint density at radius 2 is 1.70 bits per heavy atom. The predicted molar refractivity (Wildman–Crippen MR) is 88.3 cm³/mol. The first-order chi connectivity index (χ1) is 11.2. The van der Waals surface area contributed by atoms with Crippen molar-refractivity contribution in [1.82, 2.24) is 4.90 Å². The molecule has 2 heterocycles. The normalized spacial score (nSPS) is 16.5. The summed E-state index contributed by atoms with van der Waals surface area (Å²) in [5.74, 6) is 0.703. The van der Waals surface area contributed by atoms with E-state index in [0.717, 1.165) is 11.5 Å². The molecule has 0 saturated heterocycles. The fraction of sp³-hybridized carbons (Fsp3) is 0.158. The monoisotopic (exact) mass is 304 g/mol. The molecule has 4 rings (SSSR count). The fourth-order valence-electron chi connectivity index (χ4n) is 3.37. The number of hydrogen-bond donors (Lipinski definition) is 0. The van der Waals surface area contributed by atoms with Gasteiger partial charge in [0.15, 0.2) is 5.78 Å². The number of fused-ring (bicyclic) bond motifs is 2. The van der Waals surface area contributed by atoms with Gasteiger partial charge in [0.1, 0.15) is 5.82 Å². The van der Waals surface area contributed by atoms with Crippen LogP contribution >= 0.6 is 0 Å². The Labute approximate surface area is 134 Å². The van der Waals surface area contributed by atoms with Crippen LogP contribution in [0.5, 0.6) is 0 Å². The maximum Gasteiger partial charge on any atom is 0.261 e. The summed E-state index contributed by atoms with van der Waals surface area (Å²) < 4.78 is 0. The zero-order valence-corrected chi connectivity index (χ0v) is 12.8. The maximum atomic E-state index is 12.8. The van der Waals surface area contributed by atoms with Crippen LogP contribution in [-0.2, 0) is 0 Å². The van der Waals surface area contributed by atoms with E-state index < -0.39 is 0 Å². The molecule has 0 aromatic heterocycles. The lowest BCUT2D eigenvalue weighted by Gasteiger charge is -2.35. The Hall–Kier alpha value is -2.88. The van der Waals surface area contributed by atoms with E-state index in [4.69, 9.17) is 0 Å². The smallest absolute Gasteiger partial charge is 0.261 e. The predicted octanol–water partition coefficient (Wildman–Crippen LogP) is 3.08. The molecule has 0 aliphatic carbocycles. The van der Waals surface area contributed by atoms with Gasteiger partial charge >= 0.3 is 0 Å². The first-order valence-corrected chi connectivity index (χ1v) is 7.66. The average molecular weight is 304 g/mol. The molecule has 0 atom stereocenters. The molecule has 2 aliphatic heterocycles. The largest absolute Gasteiger partial charge is 0.330 e. The molecule has 0 spiro atoms. The highest BCUT2D eigenvalue weighted by Gasteiger charge is 2.39. The third kappa shape index (κ3) is 1.99. The van der Waals surface area contributed by atoms with Crippen LogP contribution < -0.4 is 4.90 Å². The van der Waals surface area contributed by atoms with Crippen molar-refractivity contribution in [2.24, 2.45) is 0 Å². The van der Waals surface area contributed by atoms with E-state index in [-0.39, 0.29) is 11.7 Å². The van der Waals surface area contributed by atoms with Crippen molar-refractivity contribution in [3.63, 3.8) is 0 Å². The van der Waals surface area contributed by atoms with Gasteiger partial charge in [-0.2, -0.15) is 0 Å². The van der Waals surface area contributed by atoms with Crippen LogP contribution in [0.25, 0.3) is 0 Å². The number of nitrogens with zero attached hydrogens (tertiary/aromatic N) is 2. The van der Waals surface area contributed by atoms with E-state index in [2.05, 4.69) is 0 Å². The van der Waals surface area contributed by atoms with Crippen molar-refractivity contribution in [2.45, 2.75) is 6.42 Å². The quantitative estimate of drug-likeness (QED) is 0.801. The number of ketones is 1. The summed E-state index contributed by atoms with van der Waals surface area (Å²) in [5, 5.41) is 0. The maximum absolute atomic E-state index is 12.8. The minimum Gasteiger partial charge on any atom is -0.330 e. The van der Waals surface area contributed by atoms with Crippen LogP contribution in [-0.4, -0.2) is 30.2 Å². The Kier molecular flexibility index (Phi) is 3.05. The summed E-state index contributed by atoms with van der Waals surface area (Å²) in [6, 6.07) is 16.8. The number of amides is 1. The SMILES string of the molecule is CN1C2=C(C(=O)c3ccccc3)CCN2C(=O)c2ccccc21. The van der Waals surface area contributed by atoms with E-state index in [1.165, 1.54) is 0 Å². The Morgan fingerprint density at radius 1 is 1.00 bits per heavy atom. The summed E-state index contributed by atoms with van der Waals surface area (Å²) >= 11 is 0. The number of benzene rings is 2. The summed E-state index contributed by atoms with van der Waals surface area (Å²) in [5.41, 5.74) is 2.91. The highest BCUT2D eigenvalue weighted by atomic mass is 16.2. The second-order valence-electron chi connectivity index (χ2n) is 5.78. The van der Waals surface area contributed by atoms with Gasteiger partial charge in [-0.15, -0.1) is 0 Å². The van der Waals surface area contributed by atoms with Crippen molar-refractivity contribution >= 4 is 17.4 Å². The van der Waals surface area contributed by atoms with Crippen molar-refractivity contribution in [2.75, 3.05) is 18.5 Å². The summed E-state index contributed by atoms with van der Waals surface area (Å²) in [4.78, 5) is 29.2. The van der Waals surface area contributed by atoms with Gasteiger partial charge in [-0.1, -0.05) is 42.5 Å². The van der Waals surface area contributed by atoms with Crippen molar-refractivity contribution in [1.29, 1.82) is 0 Å². The number of para-hydroxylation sites is 1. The molecule has 2 aromatic carbocycles. The van der Waals surface area contributed by atoms with E-state index >= 15 is 0 Å². The van der Waals surface area contributed by atoms with Gasteiger partial charge in [0, 0.05) is 24.7 Å². The van der Waals surface area contributed by atoms with Gasteiger partial charge in [0.2, 0.25) is 0 Å². The number of Topliss-reactive ketones (excluding diaryl/α,β-unsaturated/α-hetero) is 1. The highest BCUT2D eigenvalue weighted by Crippen LogP contribution is 2.38. The molecule has 2 aromatic rings. The highest BCUT2D eigenvalue weighted by molar-refractivity contribution is 6.12. The molecule has 23 heavy (non-hydrogen) atoms. The Balaban J connectivity index is 1.84. The second kappa shape index (κ2) is 5.09. The summed E-state index contributed by atoms with van der Waals surface area (Å²) in [7, 11) is 1.91. The first kappa shape index (κ1) is 13.8. The van der Waals surface area contributed by atoms with Crippen molar-refractivity contribution < 1.29 is 9.59 Å². The van der Waals surface area contributed by atoms with E-state index in [1.54, 1.807) is 4.90 Å². The third-order valence-corrected chi connectivity index (χ3v) is 4.48. The molecular weight excluding hydrogens is 288 g/mol. The molecule has 4 nitrogen and oxygen atoms in total. The number of carbonyl (C=O) groups excluding carboxylic acids is 2. The van der Waals surface area contributed by atoms with Gasteiger partial charge in [-0.05, 0) is 18.6 Å². The average Bonchev–Trinajstić information content (AvgIpc) is 3.05. The zero-order valence-electron chi connectivity index (χ0n) is 12.8. The molecule has 4 heteroatoms. The molecule has 1 amide bonds. The van der Waals surface area contributed by atoms with E-state index in [1.807, 2.05) is 66.5 Å². The summed E-state index contributed by atoms with van der Waals surface area (Å²) in [6.07, 6.45) is 0.590. The van der Waals surface area contributed by atoms with Crippen LogP contribution in [0.1, 0.15) is 27.1 Å². The van der Waals surface area contributed by atoms with E-state index in [9.17, 15) is 9.59 Å². The topological polar surface area (TPSA) is 40.6 Å². The second-order valence-corrected chi connectivity index (χ2v) is 5.78. The van der Waals surface area contributed by atoms with E-state index in [0.29, 0.717) is 29.7 Å². The lowest BCUT2D eigenvalue weighted by Crippen LogP contribution is -2.41. The molecule has 0 N–H and O–H groups in total. The Bertz CT molecular complexity index is 839. The van der Waals surface area contributed by atoms with Crippen molar-refractivity contribution in [3.8, 4) is 0 Å². The van der Waals surface area contributed by atoms with Gasteiger partial charge in [0.25, 0.3) is 5.91 Å². The lowest BCUT2D eigenvalue weighted by atomic mass is 10.0. The van der Waals surface area contributed by atoms with Crippen LogP contribution in [0.2, 0.25) is 0 Å². The molecule has 2 aliphatic rings. The standard InChI is InChI=1S/C19H16N2O2/c1-20-16-10-6-5-9-14(16)19(23)21-12-11-15(18(20)21)17(22)13-7-3-2-4-8-13/h2-10H,11-12H2,1H3. The molecule has 0 unspecified atom stereocenters. The van der Waals surface area contributed by atoms with Crippen LogP contribution in [0.15, 0.2) is 66.0 Å². The number of carbonyl (C=O) groups is 2. The third-order valence-electron chi connectivity index (χ3n) is 4.48. The number of anilines is 1. The molecule has 0 saturated carbocycles.